The fourth-order valence-electron chi connectivity index (χ4n) is 2.42. The molecule has 0 fully saturated rings. The molecule has 0 amide bonds. The van der Waals surface area contributed by atoms with Crippen LogP contribution in [-0.2, 0) is 0 Å². The van der Waals surface area contributed by atoms with Gasteiger partial charge in [0.2, 0.25) is 11.3 Å². The molecule has 0 N–H and O–H groups in total. The van der Waals surface area contributed by atoms with E-state index in [1.165, 1.54) is 6.07 Å². The molecule has 4 aromatic rings. The average molecular weight is 330 g/mol. The van der Waals surface area contributed by atoms with E-state index in [1.807, 2.05) is 61.5 Å². The molecule has 122 valence electrons. The topological polar surface area (TPSA) is 73.8 Å². The lowest BCUT2D eigenvalue weighted by Crippen LogP contribution is -2.12. The molecule has 0 aliphatic heterocycles. The molecule has 2 aromatic carbocycles. The molecule has 0 aliphatic carbocycles. The van der Waals surface area contributed by atoms with Gasteiger partial charge in [0.15, 0.2) is 5.69 Å². The first kappa shape index (κ1) is 15.0. The van der Waals surface area contributed by atoms with Gasteiger partial charge < -0.3 is 4.52 Å². The highest BCUT2D eigenvalue weighted by atomic mass is 16.5. The van der Waals surface area contributed by atoms with Crippen LogP contribution in [0.1, 0.15) is 5.56 Å². The number of benzene rings is 2. The summed E-state index contributed by atoms with van der Waals surface area (Å²) in [5, 5.41) is 8.30. The average Bonchev–Trinajstić information content (AvgIpc) is 3.14. The van der Waals surface area contributed by atoms with E-state index in [2.05, 4.69) is 15.2 Å². The highest BCUT2D eigenvalue weighted by molar-refractivity contribution is 5.57. The van der Waals surface area contributed by atoms with Crippen molar-refractivity contribution in [3.05, 3.63) is 82.6 Å². The van der Waals surface area contributed by atoms with Gasteiger partial charge in [-0.25, -0.2) is 4.68 Å². The van der Waals surface area contributed by atoms with Crippen molar-refractivity contribution in [1.82, 2.24) is 19.9 Å². The van der Waals surface area contributed by atoms with Crippen LogP contribution in [0, 0.1) is 6.92 Å². The summed E-state index contributed by atoms with van der Waals surface area (Å²) >= 11 is 0. The van der Waals surface area contributed by atoms with E-state index in [-0.39, 0.29) is 17.0 Å². The number of nitrogens with zero attached hydrogens (tertiary/aromatic N) is 4. The molecular formula is C19H14N4O2. The maximum atomic E-state index is 12.2. The molecule has 2 heterocycles. The zero-order valence-corrected chi connectivity index (χ0v) is 13.5. The van der Waals surface area contributed by atoms with Crippen molar-refractivity contribution < 1.29 is 4.52 Å². The van der Waals surface area contributed by atoms with Gasteiger partial charge in [0.25, 0.3) is 5.89 Å². The van der Waals surface area contributed by atoms with Crippen LogP contribution in [0.15, 0.2) is 76.2 Å². The Morgan fingerprint density at radius 2 is 1.72 bits per heavy atom. The van der Waals surface area contributed by atoms with Gasteiger partial charge in [0, 0.05) is 17.8 Å². The van der Waals surface area contributed by atoms with Gasteiger partial charge >= 0.3 is 0 Å². The van der Waals surface area contributed by atoms with Crippen LogP contribution in [0.25, 0.3) is 28.7 Å². The fourth-order valence-corrected chi connectivity index (χ4v) is 2.42. The van der Waals surface area contributed by atoms with E-state index in [1.54, 1.807) is 10.9 Å². The second kappa shape index (κ2) is 6.16. The summed E-state index contributed by atoms with van der Waals surface area (Å²) in [4.78, 5) is 16.5. The minimum Gasteiger partial charge on any atom is -0.332 e. The van der Waals surface area contributed by atoms with E-state index >= 15 is 0 Å². The van der Waals surface area contributed by atoms with E-state index < -0.39 is 0 Å². The minimum atomic E-state index is -0.272. The highest BCUT2D eigenvalue weighted by Crippen LogP contribution is 2.19. The zero-order chi connectivity index (χ0) is 17.2. The molecule has 4 rings (SSSR count). The monoisotopic (exact) mass is 330 g/mol. The first-order valence-electron chi connectivity index (χ1n) is 7.77. The molecular weight excluding hydrogens is 316 g/mol. The Bertz CT molecular complexity index is 1070. The lowest BCUT2D eigenvalue weighted by Gasteiger charge is -2.05. The first-order valence-corrected chi connectivity index (χ1v) is 7.77. The highest BCUT2D eigenvalue weighted by Gasteiger charge is 2.15. The summed E-state index contributed by atoms with van der Waals surface area (Å²) in [6.45, 7) is 2.01. The second-order valence-electron chi connectivity index (χ2n) is 5.60. The van der Waals surface area contributed by atoms with E-state index in [9.17, 15) is 4.79 Å². The van der Waals surface area contributed by atoms with Crippen LogP contribution in [0.3, 0.4) is 0 Å². The summed E-state index contributed by atoms with van der Waals surface area (Å²) < 4.78 is 6.87. The Hall–Kier alpha value is -3.54. The summed E-state index contributed by atoms with van der Waals surface area (Å²) in [5.74, 6) is 0.521. The van der Waals surface area contributed by atoms with Crippen molar-refractivity contribution in [2.75, 3.05) is 0 Å². The van der Waals surface area contributed by atoms with Gasteiger partial charge in [-0.1, -0.05) is 53.2 Å². The third kappa shape index (κ3) is 2.97. The molecule has 6 heteroatoms. The largest absolute Gasteiger partial charge is 0.332 e. The van der Waals surface area contributed by atoms with E-state index in [0.29, 0.717) is 5.82 Å². The maximum absolute atomic E-state index is 12.2. The molecule has 0 saturated heterocycles. The molecule has 0 bridgehead atoms. The minimum absolute atomic E-state index is 0.102. The van der Waals surface area contributed by atoms with E-state index in [4.69, 9.17) is 4.52 Å². The second-order valence-corrected chi connectivity index (χ2v) is 5.60. The Labute approximate surface area is 143 Å². The predicted octanol–water partition coefficient (Wildman–Crippen LogP) is 3.26. The Balaban J connectivity index is 1.76. The molecule has 0 aliphatic rings. The van der Waals surface area contributed by atoms with Gasteiger partial charge in [-0.3, -0.25) is 4.79 Å². The van der Waals surface area contributed by atoms with Gasteiger partial charge in [-0.15, -0.1) is 0 Å². The summed E-state index contributed by atoms with van der Waals surface area (Å²) in [6.07, 6.45) is 1.62. The van der Waals surface area contributed by atoms with Crippen molar-refractivity contribution >= 4 is 0 Å². The zero-order valence-electron chi connectivity index (χ0n) is 13.5. The van der Waals surface area contributed by atoms with Crippen molar-refractivity contribution in [1.29, 1.82) is 0 Å². The molecule has 2 aromatic heterocycles. The van der Waals surface area contributed by atoms with Crippen LogP contribution >= 0.6 is 0 Å². The van der Waals surface area contributed by atoms with Gasteiger partial charge in [0.1, 0.15) is 0 Å². The molecule has 0 radical (unpaired) electrons. The van der Waals surface area contributed by atoms with Crippen molar-refractivity contribution in [2.45, 2.75) is 6.92 Å². The number of aryl methyl sites for hydroxylation is 1. The van der Waals surface area contributed by atoms with Gasteiger partial charge in [-0.2, -0.15) is 10.1 Å². The first-order chi connectivity index (χ1) is 12.2. The number of hydrogen-bond donors (Lipinski definition) is 0. The quantitative estimate of drug-likeness (QED) is 0.576. The van der Waals surface area contributed by atoms with Crippen molar-refractivity contribution in [3.63, 3.8) is 0 Å². The lowest BCUT2D eigenvalue weighted by molar-refractivity contribution is 0.429. The molecule has 0 unspecified atom stereocenters. The van der Waals surface area contributed by atoms with Crippen molar-refractivity contribution in [2.24, 2.45) is 0 Å². The molecule has 25 heavy (non-hydrogen) atoms. The third-order valence-electron chi connectivity index (χ3n) is 3.77. The molecule has 0 spiro atoms. The Morgan fingerprint density at radius 3 is 2.48 bits per heavy atom. The Kier molecular flexibility index (Phi) is 3.70. The summed E-state index contributed by atoms with van der Waals surface area (Å²) in [5.41, 5.74) is 2.65. The van der Waals surface area contributed by atoms with Crippen LogP contribution in [0.2, 0.25) is 0 Å². The molecule has 0 atom stereocenters. The van der Waals surface area contributed by atoms with Gasteiger partial charge in [0.05, 0.1) is 5.69 Å². The molecule has 0 saturated carbocycles. The molecule has 6 nitrogen and oxygen atoms in total. The normalized spacial score (nSPS) is 10.8. The summed E-state index contributed by atoms with van der Waals surface area (Å²) in [7, 11) is 0. The van der Waals surface area contributed by atoms with Gasteiger partial charge in [-0.05, 0) is 19.1 Å². The Morgan fingerprint density at radius 1 is 0.960 bits per heavy atom. The van der Waals surface area contributed by atoms with Crippen LogP contribution in [-0.4, -0.2) is 19.9 Å². The SMILES string of the molecule is Cc1ccc(-n2ccc(=O)c(-c3nc(-c4ccccc4)no3)n2)cc1. The summed E-state index contributed by atoms with van der Waals surface area (Å²) in [6, 6.07) is 18.7. The van der Waals surface area contributed by atoms with Crippen LogP contribution < -0.4 is 5.43 Å². The predicted molar refractivity (Wildman–Crippen MR) is 93.3 cm³/mol. The fraction of sp³-hybridized carbons (Fsp3) is 0.0526. The lowest BCUT2D eigenvalue weighted by atomic mass is 10.2. The standard InChI is InChI=1S/C19H14N4O2/c1-13-7-9-15(10-8-13)23-12-11-16(24)17(21-23)19-20-18(22-25-19)14-5-3-2-4-6-14/h2-12H,1H3. The number of aromatic nitrogens is 4. The number of hydrogen-bond acceptors (Lipinski definition) is 5. The van der Waals surface area contributed by atoms with Crippen LogP contribution in [0.5, 0.6) is 0 Å². The third-order valence-corrected chi connectivity index (χ3v) is 3.77. The van der Waals surface area contributed by atoms with Crippen LogP contribution in [0.4, 0.5) is 0 Å². The maximum Gasteiger partial charge on any atom is 0.282 e. The van der Waals surface area contributed by atoms with Crippen molar-refractivity contribution in [3.8, 4) is 28.7 Å². The number of rotatable bonds is 3. The van der Waals surface area contributed by atoms with E-state index in [0.717, 1.165) is 16.8 Å². The smallest absolute Gasteiger partial charge is 0.282 e.